The third kappa shape index (κ3) is 6.73. The molecule has 1 saturated carbocycles. The minimum Gasteiger partial charge on any atom is -0.356 e. The van der Waals surface area contributed by atoms with Crippen molar-refractivity contribution in [2.45, 2.75) is 64.3 Å². The van der Waals surface area contributed by atoms with Gasteiger partial charge in [0.05, 0.1) is 0 Å². The molecule has 4 heteroatoms. The minimum atomic E-state index is -0.170. The summed E-state index contributed by atoms with van der Waals surface area (Å²) in [6, 6.07) is 8.91. The first-order chi connectivity index (χ1) is 11.6. The molecular weight excluding hydrogens is 300 g/mol. The van der Waals surface area contributed by atoms with Gasteiger partial charge < -0.3 is 10.6 Å². The van der Waals surface area contributed by atoms with Crippen LogP contribution in [0.25, 0.3) is 0 Å². The molecule has 4 nitrogen and oxygen atoms in total. The second-order valence-electron chi connectivity index (χ2n) is 6.94. The molecule has 0 radical (unpaired) electrons. The van der Waals surface area contributed by atoms with E-state index in [9.17, 15) is 9.59 Å². The summed E-state index contributed by atoms with van der Waals surface area (Å²) in [6.45, 7) is 2.61. The van der Waals surface area contributed by atoms with Crippen molar-refractivity contribution in [3.8, 4) is 0 Å². The molecule has 0 aromatic heterocycles. The fourth-order valence-corrected chi connectivity index (χ4v) is 3.39. The quantitative estimate of drug-likeness (QED) is 0.715. The Kier molecular flexibility index (Phi) is 7.80. The topological polar surface area (TPSA) is 58.2 Å². The molecule has 0 saturated heterocycles. The Labute approximate surface area is 145 Å². The van der Waals surface area contributed by atoms with E-state index in [0.717, 1.165) is 18.9 Å². The summed E-state index contributed by atoms with van der Waals surface area (Å²) in [5.74, 6) is 0.743. The maximum Gasteiger partial charge on any atom is 0.251 e. The number of hydrogen-bond donors (Lipinski definition) is 2. The van der Waals surface area contributed by atoms with Gasteiger partial charge in [0, 0.05) is 24.6 Å². The van der Waals surface area contributed by atoms with E-state index in [2.05, 4.69) is 10.6 Å². The van der Waals surface area contributed by atoms with Gasteiger partial charge in [-0.25, -0.2) is 0 Å². The van der Waals surface area contributed by atoms with Gasteiger partial charge in [-0.3, -0.25) is 9.59 Å². The van der Waals surface area contributed by atoms with E-state index >= 15 is 0 Å². The van der Waals surface area contributed by atoms with E-state index in [1.807, 2.05) is 25.1 Å². The summed E-state index contributed by atoms with van der Waals surface area (Å²) in [5, 5.41) is 5.85. The van der Waals surface area contributed by atoms with Crippen LogP contribution in [0.3, 0.4) is 0 Å². The standard InChI is InChI=1S/C20H30N2O2/c1-16(22-20(24)18-12-6-3-7-13-18)15-19(23)21-14-8-11-17-9-4-2-5-10-17/h3,6-7,12-13,16-17H,2,4-5,8-11,14-15H2,1H3,(H,21,23)(H,22,24). The van der Waals surface area contributed by atoms with Crippen molar-refractivity contribution in [3.05, 3.63) is 35.9 Å². The van der Waals surface area contributed by atoms with Crippen LogP contribution in [0.1, 0.15) is 68.6 Å². The molecule has 1 unspecified atom stereocenters. The van der Waals surface area contributed by atoms with E-state index in [1.54, 1.807) is 12.1 Å². The molecule has 0 aliphatic heterocycles. The Morgan fingerprint density at radius 1 is 1.12 bits per heavy atom. The Morgan fingerprint density at radius 2 is 1.83 bits per heavy atom. The zero-order chi connectivity index (χ0) is 17.2. The third-order valence-electron chi connectivity index (χ3n) is 4.74. The highest BCUT2D eigenvalue weighted by Crippen LogP contribution is 2.26. The third-order valence-corrected chi connectivity index (χ3v) is 4.74. The van der Waals surface area contributed by atoms with E-state index in [4.69, 9.17) is 0 Å². The van der Waals surface area contributed by atoms with Gasteiger partial charge in [0.2, 0.25) is 5.91 Å². The molecule has 1 fully saturated rings. The molecule has 0 bridgehead atoms. The maximum absolute atomic E-state index is 12.0. The lowest BCUT2D eigenvalue weighted by Crippen LogP contribution is -2.37. The van der Waals surface area contributed by atoms with Crippen molar-refractivity contribution in [3.63, 3.8) is 0 Å². The Hall–Kier alpha value is -1.84. The van der Waals surface area contributed by atoms with E-state index in [-0.39, 0.29) is 17.9 Å². The first kappa shape index (κ1) is 18.5. The van der Waals surface area contributed by atoms with Gasteiger partial charge in [0.25, 0.3) is 5.91 Å². The average Bonchev–Trinajstić information content (AvgIpc) is 2.60. The SMILES string of the molecule is CC(CC(=O)NCCCC1CCCCC1)NC(=O)c1ccccc1. The predicted octanol–water partition coefficient (Wildman–Crippen LogP) is 3.67. The van der Waals surface area contributed by atoms with Gasteiger partial charge in [-0.1, -0.05) is 50.3 Å². The smallest absolute Gasteiger partial charge is 0.251 e. The maximum atomic E-state index is 12.0. The molecule has 2 N–H and O–H groups in total. The highest BCUT2D eigenvalue weighted by molar-refractivity contribution is 5.94. The zero-order valence-corrected chi connectivity index (χ0v) is 14.7. The molecular formula is C20H30N2O2. The second-order valence-corrected chi connectivity index (χ2v) is 6.94. The summed E-state index contributed by atoms with van der Waals surface area (Å²) in [5.41, 5.74) is 0.622. The average molecular weight is 330 g/mol. The van der Waals surface area contributed by atoms with Crippen molar-refractivity contribution in [1.29, 1.82) is 0 Å². The number of nitrogens with one attached hydrogen (secondary N) is 2. The number of amides is 2. The van der Waals surface area contributed by atoms with Gasteiger partial charge >= 0.3 is 0 Å². The fourth-order valence-electron chi connectivity index (χ4n) is 3.39. The highest BCUT2D eigenvalue weighted by atomic mass is 16.2. The predicted molar refractivity (Wildman–Crippen MR) is 96.8 cm³/mol. The monoisotopic (exact) mass is 330 g/mol. The number of benzene rings is 1. The molecule has 1 aromatic carbocycles. The normalized spacial score (nSPS) is 16.4. The fraction of sp³-hybridized carbons (Fsp3) is 0.600. The Bertz CT molecular complexity index is 510. The molecule has 1 aliphatic rings. The first-order valence-corrected chi connectivity index (χ1v) is 9.28. The summed E-state index contributed by atoms with van der Waals surface area (Å²) in [4.78, 5) is 24.0. The zero-order valence-electron chi connectivity index (χ0n) is 14.7. The Morgan fingerprint density at radius 3 is 2.54 bits per heavy atom. The van der Waals surface area contributed by atoms with Crippen LogP contribution in [-0.4, -0.2) is 24.4 Å². The van der Waals surface area contributed by atoms with Crippen molar-refractivity contribution in [2.24, 2.45) is 5.92 Å². The molecule has 2 rings (SSSR count). The van der Waals surface area contributed by atoms with Gasteiger partial charge in [-0.2, -0.15) is 0 Å². The Balaban J connectivity index is 1.58. The van der Waals surface area contributed by atoms with Crippen LogP contribution in [-0.2, 0) is 4.79 Å². The molecule has 0 spiro atoms. The molecule has 132 valence electrons. The van der Waals surface area contributed by atoms with Gasteiger partial charge in [-0.05, 0) is 37.8 Å². The summed E-state index contributed by atoms with van der Waals surface area (Å²) in [6.07, 6.45) is 9.45. The second kappa shape index (κ2) is 10.1. The lowest BCUT2D eigenvalue weighted by Gasteiger charge is -2.21. The lowest BCUT2D eigenvalue weighted by atomic mass is 9.86. The van der Waals surface area contributed by atoms with Crippen molar-refractivity contribution >= 4 is 11.8 Å². The molecule has 1 aliphatic carbocycles. The molecule has 24 heavy (non-hydrogen) atoms. The van der Waals surface area contributed by atoms with Crippen LogP contribution in [0.2, 0.25) is 0 Å². The largest absolute Gasteiger partial charge is 0.356 e. The summed E-state index contributed by atoms with van der Waals surface area (Å²) >= 11 is 0. The minimum absolute atomic E-state index is 0.0134. The molecule has 1 atom stereocenters. The highest BCUT2D eigenvalue weighted by Gasteiger charge is 2.14. The van der Waals surface area contributed by atoms with Crippen molar-refractivity contribution in [1.82, 2.24) is 10.6 Å². The van der Waals surface area contributed by atoms with Gasteiger partial charge in [-0.15, -0.1) is 0 Å². The van der Waals surface area contributed by atoms with Crippen molar-refractivity contribution in [2.75, 3.05) is 6.54 Å². The van der Waals surface area contributed by atoms with Gasteiger partial charge in [0.1, 0.15) is 0 Å². The van der Waals surface area contributed by atoms with Crippen LogP contribution in [0, 0.1) is 5.92 Å². The van der Waals surface area contributed by atoms with Crippen LogP contribution in [0.5, 0.6) is 0 Å². The number of hydrogen-bond acceptors (Lipinski definition) is 2. The van der Waals surface area contributed by atoms with Crippen LogP contribution < -0.4 is 10.6 Å². The van der Waals surface area contributed by atoms with Crippen molar-refractivity contribution < 1.29 is 9.59 Å². The summed E-state index contributed by atoms with van der Waals surface area (Å²) in [7, 11) is 0. The molecule has 0 heterocycles. The number of carbonyl (C=O) groups excluding carboxylic acids is 2. The number of carbonyl (C=O) groups is 2. The van der Waals surface area contributed by atoms with Crippen LogP contribution in [0.4, 0.5) is 0 Å². The molecule has 2 amide bonds. The van der Waals surface area contributed by atoms with Crippen LogP contribution in [0.15, 0.2) is 30.3 Å². The number of rotatable bonds is 8. The van der Waals surface area contributed by atoms with E-state index < -0.39 is 0 Å². The summed E-state index contributed by atoms with van der Waals surface area (Å²) < 4.78 is 0. The van der Waals surface area contributed by atoms with Crippen LogP contribution >= 0.6 is 0 Å². The van der Waals surface area contributed by atoms with Gasteiger partial charge in [0.15, 0.2) is 0 Å². The van der Waals surface area contributed by atoms with E-state index in [0.29, 0.717) is 12.0 Å². The van der Waals surface area contributed by atoms with E-state index in [1.165, 1.54) is 38.5 Å². The first-order valence-electron chi connectivity index (χ1n) is 9.28. The lowest BCUT2D eigenvalue weighted by molar-refractivity contribution is -0.121. The molecule has 1 aromatic rings.